The van der Waals surface area contributed by atoms with Crippen LogP contribution in [0.2, 0.25) is 0 Å². The van der Waals surface area contributed by atoms with Gasteiger partial charge < -0.3 is 23.3 Å². The van der Waals surface area contributed by atoms with Crippen molar-refractivity contribution in [1.29, 1.82) is 0 Å². The van der Waals surface area contributed by atoms with Crippen LogP contribution in [0.5, 0.6) is 11.5 Å². The van der Waals surface area contributed by atoms with E-state index in [1.165, 1.54) is 22.9 Å². The molecule has 0 bridgehead atoms. The summed E-state index contributed by atoms with van der Waals surface area (Å²) in [6.45, 7) is 1.67. The van der Waals surface area contributed by atoms with Gasteiger partial charge in [-0.05, 0) is 61.4 Å². The van der Waals surface area contributed by atoms with Crippen LogP contribution >= 0.6 is 0 Å². The predicted molar refractivity (Wildman–Crippen MR) is 164 cm³/mol. The molecular formula is C33H30F2N4O6S. The maximum Gasteiger partial charge on any atom is 0.286 e. The second kappa shape index (κ2) is 12.9. The smallest absolute Gasteiger partial charge is 0.286 e. The van der Waals surface area contributed by atoms with Crippen molar-refractivity contribution in [3.05, 3.63) is 124 Å². The van der Waals surface area contributed by atoms with Crippen molar-refractivity contribution in [2.45, 2.75) is 37.8 Å². The first kappa shape index (κ1) is 31.1. The number of aromatic nitrogens is 4. The minimum absolute atomic E-state index is 0.0306. The molecule has 0 N–H and O–H groups in total. The van der Waals surface area contributed by atoms with Crippen LogP contribution in [0.4, 0.5) is 8.78 Å². The number of fused-ring (bicyclic) bond motifs is 1. The van der Waals surface area contributed by atoms with Crippen LogP contribution in [0.3, 0.4) is 0 Å². The highest BCUT2D eigenvalue weighted by molar-refractivity contribution is 7.91. The minimum atomic E-state index is -4.06. The van der Waals surface area contributed by atoms with Gasteiger partial charge in [-0.2, -0.15) is 0 Å². The van der Waals surface area contributed by atoms with Gasteiger partial charge in [0, 0.05) is 42.0 Å². The fraction of sp³-hybridized carbons (Fsp3) is 0.242. The number of sulfone groups is 1. The molecule has 0 aliphatic carbocycles. The van der Waals surface area contributed by atoms with Crippen molar-refractivity contribution in [2.24, 2.45) is 7.05 Å². The summed E-state index contributed by atoms with van der Waals surface area (Å²) in [5, 5.41) is -0.434. The van der Waals surface area contributed by atoms with Gasteiger partial charge in [-0.15, -0.1) is 0 Å². The Morgan fingerprint density at radius 3 is 2.57 bits per heavy atom. The Kier molecular flexibility index (Phi) is 8.69. The first-order chi connectivity index (χ1) is 22.1. The van der Waals surface area contributed by atoms with Gasteiger partial charge in [-0.3, -0.25) is 4.79 Å². The first-order valence-electron chi connectivity index (χ1n) is 14.4. The van der Waals surface area contributed by atoms with Gasteiger partial charge in [-0.1, -0.05) is 24.3 Å². The van der Waals surface area contributed by atoms with E-state index in [0.717, 1.165) is 11.8 Å². The molecule has 238 valence electrons. The third kappa shape index (κ3) is 6.70. The molecule has 1 atom stereocenters. The topological polar surface area (TPSA) is 115 Å². The number of ether oxygens (including phenoxy) is 3. The molecule has 2 aromatic carbocycles. The van der Waals surface area contributed by atoms with E-state index in [4.69, 9.17) is 14.2 Å². The summed E-state index contributed by atoms with van der Waals surface area (Å²) in [4.78, 5) is 21.2. The van der Waals surface area contributed by atoms with Crippen LogP contribution in [0, 0.1) is 18.6 Å². The third-order valence-electron chi connectivity index (χ3n) is 7.60. The monoisotopic (exact) mass is 648 g/mol. The van der Waals surface area contributed by atoms with Crippen molar-refractivity contribution < 1.29 is 31.4 Å². The molecule has 5 aromatic rings. The minimum Gasteiger partial charge on any atom is -0.454 e. The van der Waals surface area contributed by atoms with E-state index in [2.05, 4.69) is 9.97 Å². The fourth-order valence-corrected chi connectivity index (χ4v) is 6.43. The second-order valence-corrected chi connectivity index (χ2v) is 12.9. The molecule has 1 aliphatic heterocycles. The lowest BCUT2D eigenvalue weighted by Crippen LogP contribution is -2.23. The molecule has 0 fully saturated rings. The van der Waals surface area contributed by atoms with Crippen LogP contribution in [-0.4, -0.2) is 40.1 Å². The summed E-state index contributed by atoms with van der Waals surface area (Å²) in [5.41, 5.74) is 1.58. The highest BCUT2D eigenvalue weighted by atomic mass is 32.2. The maximum atomic E-state index is 14.9. The molecule has 0 saturated heterocycles. The molecule has 0 saturated carbocycles. The standard InChI is InChI=1S/C33H30F2N4O6S/c1-21-14-27(24-16-26(35)32(40)39(18-24)17-22-9-10-30-31(15-22)45-20-44-30)37-33(36-21)46(41,42)13-11-29(28-8-5-12-38(28)2)43-19-23-6-3-4-7-25(23)34/h3-10,12,14-16,18,29H,11,13,17,19-20H2,1-2H3. The molecular weight excluding hydrogens is 618 g/mol. The molecule has 1 unspecified atom stereocenters. The molecule has 0 spiro atoms. The summed E-state index contributed by atoms with van der Waals surface area (Å²) in [5.74, 6) is -0.708. The van der Waals surface area contributed by atoms with Crippen molar-refractivity contribution in [3.63, 3.8) is 0 Å². The first-order valence-corrected chi connectivity index (χ1v) is 16.1. The number of pyridine rings is 1. The van der Waals surface area contributed by atoms with E-state index < -0.39 is 38.3 Å². The number of benzene rings is 2. The Balaban J connectivity index is 1.25. The molecule has 0 amide bonds. The second-order valence-electron chi connectivity index (χ2n) is 10.9. The Morgan fingerprint density at radius 2 is 1.78 bits per heavy atom. The number of hydrogen-bond donors (Lipinski definition) is 0. The van der Waals surface area contributed by atoms with Crippen LogP contribution in [0.25, 0.3) is 11.3 Å². The lowest BCUT2D eigenvalue weighted by molar-refractivity contribution is 0.0316. The molecule has 4 heterocycles. The molecule has 46 heavy (non-hydrogen) atoms. The molecule has 10 nitrogen and oxygen atoms in total. The lowest BCUT2D eigenvalue weighted by Gasteiger charge is -2.19. The highest BCUT2D eigenvalue weighted by Gasteiger charge is 2.25. The zero-order valence-corrected chi connectivity index (χ0v) is 25.8. The molecule has 3 aromatic heterocycles. The number of rotatable bonds is 11. The van der Waals surface area contributed by atoms with E-state index in [1.807, 2.05) is 29.9 Å². The lowest BCUT2D eigenvalue weighted by atomic mass is 10.1. The Morgan fingerprint density at radius 1 is 0.978 bits per heavy atom. The zero-order valence-electron chi connectivity index (χ0n) is 25.0. The normalized spacial score (nSPS) is 13.2. The fourth-order valence-electron chi connectivity index (χ4n) is 5.21. The van der Waals surface area contributed by atoms with Crippen LogP contribution in [0.1, 0.15) is 35.0 Å². The van der Waals surface area contributed by atoms with E-state index >= 15 is 0 Å². The Labute approximate surface area is 263 Å². The van der Waals surface area contributed by atoms with Crippen molar-refractivity contribution in [1.82, 2.24) is 19.1 Å². The van der Waals surface area contributed by atoms with Gasteiger partial charge in [0.25, 0.3) is 5.56 Å². The van der Waals surface area contributed by atoms with Crippen LogP contribution in [-0.2, 0) is 34.8 Å². The Bertz CT molecular complexity index is 2080. The average Bonchev–Trinajstić information content (AvgIpc) is 3.68. The maximum absolute atomic E-state index is 14.9. The van der Waals surface area contributed by atoms with E-state index in [-0.39, 0.29) is 43.4 Å². The van der Waals surface area contributed by atoms with E-state index in [1.54, 1.807) is 43.3 Å². The van der Waals surface area contributed by atoms with Crippen molar-refractivity contribution >= 4 is 9.84 Å². The van der Waals surface area contributed by atoms with Gasteiger partial charge in [-0.25, -0.2) is 27.2 Å². The van der Waals surface area contributed by atoms with E-state index in [0.29, 0.717) is 28.3 Å². The predicted octanol–water partition coefficient (Wildman–Crippen LogP) is 5.13. The van der Waals surface area contributed by atoms with Gasteiger partial charge in [0.15, 0.2) is 17.3 Å². The molecule has 1 aliphatic rings. The van der Waals surface area contributed by atoms with E-state index in [9.17, 15) is 22.0 Å². The summed E-state index contributed by atoms with van der Waals surface area (Å²) in [7, 11) is -2.25. The van der Waals surface area contributed by atoms with Crippen LogP contribution in [0.15, 0.2) is 89.1 Å². The quantitative estimate of drug-likeness (QED) is 0.181. The summed E-state index contributed by atoms with van der Waals surface area (Å²) in [6, 6.07) is 17.6. The summed E-state index contributed by atoms with van der Waals surface area (Å²) >= 11 is 0. The molecule has 0 radical (unpaired) electrons. The largest absolute Gasteiger partial charge is 0.454 e. The third-order valence-corrected chi connectivity index (χ3v) is 9.11. The number of aryl methyl sites for hydroxylation is 2. The summed E-state index contributed by atoms with van der Waals surface area (Å²) in [6.07, 6.45) is 2.60. The zero-order chi connectivity index (χ0) is 32.4. The van der Waals surface area contributed by atoms with Gasteiger partial charge in [0.1, 0.15) is 5.82 Å². The Hall–Kier alpha value is -4.88. The van der Waals surface area contributed by atoms with Gasteiger partial charge >= 0.3 is 0 Å². The average molecular weight is 649 g/mol. The van der Waals surface area contributed by atoms with Gasteiger partial charge in [0.05, 0.1) is 30.7 Å². The molecule has 13 heteroatoms. The number of nitrogens with zero attached hydrogens (tertiary/aromatic N) is 4. The highest BCUT2D eigenvalue weighted by Crippen LogP contribution is 2.33. The number of halogens is 2. The van der Waals surface area contributed by atoms with Crippen LogP contribution < -0.4 is 15.0 Å². The SMILES string of the molecule is Cc1cc(-c2cc(F)c(=O)n(Cc3ccc4c(c3)OCO4)c2)nc(S(=O)(=O)CCC(OCc2ccccc2F)c2cccn2C)n1. The summed E-state index contributed by atoms with van der Waals surface area (Å²) < 4.78 is 76.1. The van der Waals surface area contributed by atoms with Crippen molar-refractivity contribution in [2.75, 3.05) is 12.5 Å². The number of hydrogen-bond acceptors (Lipinski definition) is 8. The van der Waals surface area contributed by atoms with Crippen molar-refractivity contribution in [3.8, 4) is 22.8 Å². The molecule has 6 rings (SSSR count). The van der Waals surface area contributed by atoms with Gasteiger partial charge in [0.2, 0.25) is 21.8 Å².